The van der Waals surface area contributed by atoms with Crippen LogP contribution in [0, 0.1) is 0 Å². The molecule has 3 rings (SSSR count). The third-order valence-corrected chi connectivity index (χ3v) is 5.20. The van der Waals surface area contributed by atoms with Crippen molar-refractivity contribution in [2.45, 2.75) is 0 Å². The summed E-state index contributed by atoms with van der Waals surface area (Å²) in [5.41, 5.74) is 4.54. The molecule has 2 aromatic carbocycles. The maximum Gasteiger partial charge on any atom is 0.283 e. The first-order valence-corrected chi connectivity index (χ1v) is 8.53. The highest BCUT2D eigenvalue weighted by Gasteiger charge is 2.16. The van der Waals surface area contributed by atoms with Gasteiger partial charge in [-0.05, 0) is 23.8 Å². The highest BCUT2D eigenvalue weighted by atomic mass is 35.5. The van der Waals surface area contributed by atoms with E-state index in [1.54, 1.807) is 6.21 Å². The van der Waals surface area contributed by atoms with Crippen LogP contribution in [0.1, 0.15) is 15.2 Å². The summed E-state index contributed by atoms with van der Waals surface area (Å²) in [4.78, 5) is 14.8. The molecule has 1 N–H and O–H groups in total. The summed E-state index contributed by atoms with van der Waals surface area (Å²) in [6.45, 7) is 0. The number of hydrogen-bond donors (Lipinski definition) is 1. The molecule has 6 heteroatoms. The molecule has 24 heavy (non-hydrogen) atoms. The van der Waals surface area contributed by atoms with Gasteiger partial charge in [0.25, 0.3) is 5.91 Å². The largest absolute Gasteiger partial charge is 0.378 e. The van der Waals surface area contributed by atoms with E-state index in [9.17, 15) is 4.79 Å². The molecule has 0 spiro atoms. The summed E-state index contributed by atoms with van der Waals surface area (Å²) in [6.07, 6.45) is 1.61. The van der Waals surface area contributed by atoms with Crippen molar-refractivity contribution in [3.63, 3.8) is 0 Å². The Bertz CT molecular complexity index is 900. The maximum absolute atomic E-state index is 12.3. The molecule has 4 nitrogen and oxygen atoms in total. The minimum Gasteiger partial charge on any atom is -0.378 e. The Morgan fingerprint density at radius 2 is 1.88 bits per heavy atom. The fourth-order valence-corrected chi connectivity index (χ4v) is 3.64. The Labute approximate surface area is 149 Å². The standard InChI is InChI=1S/C18H16ClN3OS/c1-22(2)13-9-7-12(8-10-13)11-20-21-18(23)17-16(19)14-5-3-4-6-15(14)24-17/h3-11H,1-2H3,(H,21,23)/b20-11+. The highest BCUT2D eigenvalue weighted by molar-refractivity contribution is 7.21. The Kier molecular flexibility index (Phi) is 4.83. The summed E-state index contributed by atoms with van der Waals surface area (Å²) in [5, 5.41) is 5.37. The Morgan fingerprint density at radius 1 is 1.17 bits per heavy atom. The summed E-state index contributed by atoms with van der Waals surface area (Å²) >= 11 is 7.65. The molecule has 1 aromatic heterocycles. The van der Waals surface area contributed by atoms with Gasteiger partial charge in [-0.1, -0.05) is 41.9 Å². The van der Waals surface area contributed by atoms with E-state index in [1.165, 1.54) is 11.3 Å². The van der Waals surface area contributed by atoms with Crippen molar-refractivity contribution in [1.29, 1.82) is 0 Å². The van der Waals surface area contributed by atoms with Gasteiger partial charge in [-0.2, -0.15) is 5.10 Å². The molecule has 0 saturated heterocycles. The molecular weight excluding hydrogens is 342 g/mol. The van der Waals surface area contributed by atoms with Gasteiger partial charge >= 0.3 is 0 Å². The lowest BCUT2D eigenvalue weighted by Gasteiger charge is -2.11. The van der Waals surface area contributed by atoms with Crippen LogP contribution in [0.25, 0.3) is 10.1 Å². The first kappa shape index (κ1) is 16.5. The lowest BCUT2D eigenvalue weighted by molar-refractivity contribution is 0.0959. The molecule has 1 heterocycles. The second-order valence-electron chi connectivity index (χ2n) is 5.43. The molecule has 0 fully saturated rings. The molecule has 0 bridgehead atoms. The number of hydrogen-bond acceptors (Lipinski definition) is 4. The van der Waals surface area contributed by atoms with Gasteiger partial charge in [0.1, 0.15) is 4.88 Å². The molecule has 3 aromatic rings. The second kappa shape index (κ2) is 7.03. The van der Waals surface area contributed by atoms with Gasteiger partial charge in [0.15, 0.2) is 0 Å². The van der Waals surface area contributed by atoms with Crippen LogP contribution in [-0.2, 0) is 0 Å². The zero-order valence-electron chi connectivity index (χ0n) is 13.3. The van der Waals surface area contributed by atoms with Crippen LogP contribution in [0.2, 0.25) is 5.02 Å². The van der Waals surface area contributed by atoms with E-state index in [0.29, 0.717) is 9.90 Å². The van der Waals surface area contributed by atoms with E-state index in [1.807, 2.05) is 67.5 Å². The number of carbonyl (C=O) groups is 1. The number of amides is 1. The fraction of sp³-hybridized carbons (Fsp3) is 0.111. The predicted molar refractivity (Wildman–Crippen MR) is 103 cm³/mol. The number of thiophene rings is 1. The number of rotatable bonds is 4. The third-order valence-electron chi connectivity index (χ3n) is 3.53. The lowest BCUT2D eigenvalue weighted by Crippen LogP contribution is -2.16. The Hall–Kier alpha value is -2.37. The molecule has 0 aliphatic heterocycles. The zero-order valence-corrected chi connectivity index (χ0v) is 14.9. The van der Waals surface area contributed by atoms with Crippen LogP contribution in [0.3, 0.4) is 0 Å². The molecule has 0 radical (unpaired) electrons. The van der Waals surface area contributed by atoms with E-state index in [0.717, 1.165) is 21.3 Å². The SMILES string of the molecule is CN(C)c1ccc(/C=N/NC(=O)c2sc3ccccc3c2Cl)cc1. The van der Waals surface area contributed by atoms with Crippen LogP contribution in [0.5, 0.6) is 0 Å². The van der Waals surface area contributed by atoms with E-state index >= 15 is 0 Å². The molecule has 1 amide bonds. The normalized spacial score (nSPS) is 11.1. The number of nitrogens with one attached hydrogen (secondary N) is 1. The van der Waals surface area contributed by atoms with E-state index in [4.69, 9.17) is 11.6 Å². The van der Waals surface area contributed by atoms with Gasteiger partial charge in [0, 0.05) is 29.9 Å². The number of halogens is 1. The third kappa shape index (κ3) is 3.42. The minimum absolute atomic E-state index is 0.303. The number of hydrazone groups is 1. The molecular formula is C18H16ClN3OS. The first-order valence-electron chi connectivity index (χ1n) is 7.34. The van der Waals surface area contributed by atoms with Crippen molar-refractivity contribution < 1.29 is 4.79 Å². The molecule has 0 unspecified atom stereocenters. The summed E-state index contributed by atoms with van der Waals surface area (Å²) in [5.74, 6) is -0.303. The van der Waals surface area contributed by atoms with Gasteiger partial charge in [0.05, 0.1) is 11.2 Å². The molecule has 0 aliphatic carbocycles. The Morgan fingerprint density at radius 3 is 2.54 bits per heavy atom. The van der Waals surface area contributed by atoms with Crippen molar-refractivity contribution in [2.75, 3.05) is 19.0 Å². The van der Waals surface area contributed by atoms with Gasteiger partial charge < -0.3 is 4.90 Å². The number of anilines is 1. The van der Waals surface area contributed by atoms with Crippen molar-refractivity contribution >= 4 is 50.8 Å². The smallest absolute Gasteiger partial charge is 0.283 e. The number of carbonyl (C=O) groups excluding carboxylic acids is 1. The van der Waals surface area contributed by atoms with E-state index in [2.05, 4.69) is 10.5 Å². The summed E-state index contributed by atoms with van der Waals surface area (Å²) in [7, 11) is 3.97. The molecule has 0 atom stereocenters. The molecule has 0 aliphatic rings. The van der Waals surface area contributed by atoms with Crippen LogP contribution in [0.15, 0.2) is 53.6 Å². The predicted octanol–water partition coefficient (Wildman–Crippen LogP) is 4.38. The quantitative estimate of drug-likeness (QED) is 0.556. The van der Waals surface area contributed by atoms with Crippen LogP contribution in [0.4, 0.5) is 5.69 Å². The Balaban J connectivity index is 1.71. The number of fused-ring (bicyclic) bond motifs is 1. The lowest BCUT2D eigenvalue weighted by atomic mass is 10.2. The maximum atomic E-state index is 12.3. The highest BCUT2D eigenvalue weighted by Crippen LogP contribution is 2.34. The van der Waals surface area contributed by atoms with Crippen molar-refractivity contribution in [3.8, 4) is 0 Å². The second-order valence-corrected chi connectivity index (χ2v) is 6.86. The van der Waals surface area contributed by atoms with Gasteiger partial charge in [0.2, 0.25) is 0 Å². The zero-order chi connectivity index (χ0) is 17.1. The number of nitrogens with zero attached hydrogens (tertiary/aromatic N) is 2. The minimum atomic E-state index is -0.303. The first-order chi connectivity index (χ1) is 11.6. The average Bonchev–Trinajstić information content (AvgIpc) is 2.93. The molecule has 122 valence electrons. The van der Waals surface area contributed by atoms with Crippen LogP contribution < -0.4 is 10.3 Å². The van der Waals surface area contributed by atoms with Crippen LogP contribution >= 0.6 is 22.9 Å². The van der Waals surface area contributed by atoms with E-state index < -0.39 is 0 Å². The molecule has 0 saturated carbocycles. The fourth-order valence-electron chi connectivity index (χ4n) is 2.23. The topological polar surface area (TPSA) is 44.7 Å². The van der Waals surface area contributed by atoms with Crippen molar-refractivity contribution in [3.05, 3.63) is 64.0 Å². The van der Waals surface area contributed by atoms with Crippen LogP contribution in [-0.4, -0.2) is 26.2 Å². The van der Waals surface area contributed by atoms with Crippen molar-refractivity contribution in [1.82, 2.24) is 5.43 Å². The van der Waals surface area contributed by atoms with Gasteiger partial charge in [-0.3, -0.25) is 4.79 Å². The number of benzene rings is 2. The van der Waals surface area contributed by atoms with Gasteiger partial charge in [-0.15, -0.1) is 11.3 Å². The summed E-state index contributed by atoms with van der Waals surface area (Å²) in [6, 6.07) is 15.5. The average molecular weight is 358 g/mol. The van der Waals surface area contributed by atoms with E-state index in [-0.39, 0.29) is 5.91 Å². The van der Waals surface area contributed by atoms with Crippen molar-refractivity contribution in [2.24, 2.45) is 5.10 Å². The summed E-state index contributed by atoms with van der Waals surface area (Å²) < 4.78 is 0.982. The monoisotopic (exact) mass is 357 g/mol. The van der Waals surface area contributed by atoms with Gasteiger partial charge in [-0.25, -0.2) is 5.43 Å².